The van der Waals surface area contributed by atoms with Crippen LogP contribution in [0.15, 0.2) is 22.7 Å². The summed E-state index contributed by atoms with van der Waals surface area (Å²) in [5.41, 5.74) is 6.03. The quantitative estimate of drug-likeness (QED) is 0.817. The number of hydrogen-bond donors (Lipinski definition) is 2. The van der Waals surface area contributed by atoms with E-state index in [1.165, 1.54) is 6.07 Å². The van der Waals surface area contributed by atoms with Gasteiger partial charge in [0.1, 0.15) is 5.69 Å². The Labute approximate surface area is 89.3 Å². The highest BCUT2D eigenvalue weighted by Crippen LogP contribution is 2.26. The molecular weight excluding hydrogens is 218 g/mol. The van der Waals surface area contributed by atoms with E-state index in [-0.39, 0.29) is 22.7 Å². The lowest BCUT2D eigenvalue weighted by Gasteiger charge is -2.04. The third kappa shape index (κ3) is 1.74. The molecule has 16 heavy (non-hydrogen) atoms. The van der Waals surface area contributed by atoms with E-state index in [1.807, 2.05) is 0 Å². The second-order valence-corrected chi connectivity index (χ2v) is 3.20. The highest BCUT2D eigenvalue weighted by Gasteiger charge is 2.13. The van der Waals surface area contributed by atoms with E-state index in [0.29, 0.717) is 0 Å². The van der Waals surface area contributed by atoms with Crippen LogP contribution in [-0.2, 0) is 6.61 Å². The molecule has 0 radical (unpaired) electrons. The number of nitrogens with two attached hydrogens (primary N) is 1. The fraction of sp³-hybridized carbons (Fsp3) is 0.100. The fourth-order valence-corrected chi connectivity index (χ4v) is 1.37. The summed E-state index contributed by atoms with van der Waals surface area (Å²) in [7, 11) is 0. The van der Waals surface area contributed by atoms with Crippen molar-refractivity contribution in [3.05, 3.63) is 35.4 Å². The third-order valence-electron chi connectivity index (χ3n) is 2.12. The Kier molecular flexibility index (Phi) is 2.57. The van der Waals surface area contributed by atoms with E-state index < -0.39 is 18.2 Å². The number of aromatic nitrogens is 1. The molecule has 0 bridgehead atoms. The minimum Gasteiger partial charge on any atom is -0.392 e. The highest BCUT2D eigenvalue weighted by molar-refractivity contribution is 5.65. The van der Waals surface area contributed by atoms with Gasteiger partial charge in [-0.1, -0.05) is 5.16 Å². The molecule has 0 atom stereocenters. The van der Waals surface area contributed by atoms with Crippen molar-refractivity contribution in [2.75, 3.05) is 5.73 Å². The summed E-state index contributed by atoms with van der Waals surface area (Å²) in [6, 6.07) is 3.22. The van der Waals surface area contributed by atoms with E-state index in [2.05, 4.69) is 9.68 Å². The molecule has 0 aliphatic heterocycles. The minimum atomic E-state index is -1.02. The van der Waals surface area contributed by atoms with E-state index in [4.69, 9.17) is 10.8 Å². The number of aliphatic hydroxyl groups excluding tert-OH is 1. The molecule has 2 rings (SSSR count). The molecular formula is C10H8F2N2O2. The number of nitrogens with zero attached hydrogens (tertiary/aromatic N) is 1. The number of nitrogen functional groups attached to an aromatic ring is 1. The summed E-state index contributed by atoms with van der Waals surface area (Å²) in [5.74, 6) is -1.98. The lowest BCUT2D eigenvalue weighted by molar-refractivity contribution is 0.281. The SMILES string of the molecule is Nc1cc(-c2cc(F)c(F)cc2CO)no1. The van der Waals surface area contributed by atoms with Gasteiger partial charge in [-0.3, -0.25) is 0 Å². The monoisotopic (exact) mass is 226 g/mol. The Morgan fingerprint density at radius 1 is 1.25 bits per heavy atom. The Morgan fingerprint density at radius 2 is 1.94 bits per heavy atom. The number of benzene rings is 1. The molecule has 0 saturated heterocycles. The molecule has 0 fully saturated rings. The van der Waals surface area contributed by atoms with Gasteiger partial charge in [0.15, 0.2) is 11.6 Å². The predicted octanol–water partition coefficient (Wildman–Crippen LogP) is 1.69. The van der Waals surface area contributed by atoms with Crippen molar-refractivity contribution in [2.45, 2.75) is 6.61 Å². The Morgan fingerprint density at radius 3 is 2.50 bits per heavy atom. The maximum absolute atomic E-state index is 13.0. The molecule has 1 aromatic heterocycles. The van der Waals surface area contributed by atoms with Crippen LogP contribution in [0.2, 0.25) is 0 Å². The smallest absolute Gasteiger partial charge is 0.222 e. The van der Waals surface area contributed by atoms with Gasteiger partial charge in [0.25, 0.3) is 0 Å². The van der Waals surface area contributed by atoms with Gasteiger partial charge in [0, 0.05) is 11.6 Å². The fourth-order valence-electron chi connectivity index (χ4n) is 1.37. The van der Waals surface area contributed by atoms with Crippen LogP contribution >= 0.6 is 0 Å². The first-order valence-corrected chi connectivity index (χ1v) is 4.43. The zero-order valence-corrected chi connectivity index (χ0v) is 8.08. The summed E-state index contributed by atoms with van der Waals surface area (Å²) >= 11 is 0. The first kappa shape index (κ1) is 10.6. The summed E-state index contributed by atoms with van der Waals surface area (Å²) in [4.78, 5) is 0. The van der Waals surface area contributed by atoms with Crippen LogP contribution in [0.5, 0.6) is 0 Å². The minimum absolute atomic E-state index is 0.0589. The molecule has 0 saturated carbocycles. The zero-order chi connectivity index (χ0) is 11.7. The van der Waals surface area contributed by atoms with Crippen LogP contribution in [0.4, 0.5) is 14.7 Å². The van der Waals surface area contributed by atoms with Crippen molar-refractivity contribution in [3.63, 3.8) is 0 Å². The average molecular weight is 226 g/mol. The standard InChI is InChI=1S/C10H8F2N2O2/c11-7-1-5(4-15)6(2-8(7)12)9-3-10(13)16-14-9/h1-3,15H,4,13H2. The largest absolute Gasteiger partial charge is 0.392 e. The second kappa shape index (κ2) is 3.90. The summed E-state index contributed by atoms with van der Waals surface area (Å²) in [5, 5.41) is 12.6. The van der Waals surface area contributed by atoms with Crippen molar-refractivity contribution >= 4 is 5.88 Å². The van der Waals surface area contributed by atoms with E-state index >= 15 is 0 Å². The zero-order valence-electron chi connectivity index (χ0n) is 8.08. The lowest BCUT2D eigenvalue weighted by atomic mass is 10.0. The topological polar surface area (TPSA) is 72.3 Å². The molecule has 3 N–H and O–H groups in total. The Bertz CT molecular complexity index is 526. The van der Waals surface area contributed by atoms with Crippen LogP contribution in [0.25, 0.3) is 11.3 Å². The molecule has 0 spiro atoms. The first-order valence-electron chi connectivity index (χ1n) is 4.43. The summed E-state index contributed by atoms with van der Waals surface area (Å²) < 4.78 is 30.6. The lowest BCUT2D eigenvalue weighted by Crippen LogP contribution is -1.94. The van der Waals surface area contributed by atoms with Crippen molar-refractivity contribution in [2.24, 2.45) is 0 Å². The molecule has 1 heterocycles. The van der Waals surface area contributed by atoms with Crippen molar-refractivity contribution < 1.29 is 18.4 Å². The molecule has 2 aromatic rings. The van der Waals surface area contributed by atoms with Crippen molar-refractivity contribution in [1.29, 1.82) is 0 Å². The van der Waals surface area contributed by atoms with Gasteiger partial charge >= 0.3 is 0 Å². The molecule has 0 amide bonds. The third-order valence-corrected chi connectivity index (χ3v) is 2.12. The van der Waals surface area contributed by atoms with Crippen molar-refractivity contribution in [3.8, 4) is 11.3 Å². The van der Waals surface area contributed by atoms with E-state index in [1.54, 1.807) is 0 Å². The molecule has 0 aliphatic carbocycles. The van der Waals surface area contributed by atoms with Gasteiger partial charge < -0.3 is 15.4 Å². The van der Waals surface area contributed by atoms with Crippen LogP contribution in [0, 0.1) is 11.6 Å². The number of halogens is 2. The summed E-state index contributed by atoms with van der Waals surface area (Å²) in [6.07, 6.45) is 0. The van der Waals surface area contributed by atoms with Gasteiger partial charge in [-0.05, 0) is 17.7 Å². The van der Waals surface area contributed by atoms with Gasteiger partial charge in [-0.25, -0.2) is 8.78 Å². The summed E-state index contributed by atoms with van der Waals surface area (Å²) in [6.45, 7) is -0.431. The van der Waals surface area contributed by atoms with Gasteiger partial charge in [-0.15, -0.1) is 0 Å². The van der Waals surface area contributed by atoms with Crippen LogP contribution < -0.4 is 5.73 Å². The van der Waals surface area contributed by atoms with Gasteiger partial charge in [-0.2, -0.15) is 0 Å². The normalized spacial score (nSPS) is 10.7. The molecule has 84 valence electrons. The second-order valence-electron chi connectivity index (χ2n) is 3.20. The van der Waals surface area contributed by atoms with Gasteiger partial charge in [0.05, 0.1) is 6.61 Å². The molecule has 6 heteroatoms. The molecule has 4 nitrogen and oxygen atoms in total. The van der Waals surface area contributed by atoms with Crippen LogP contribution in [-0.4, -0.2) is 10.3 Å². The average Bonchev–Trinajstić information content (AvgIpc) is 2.68. The molecule has 0 aliphatic rings. The van der Waals surface area contributed by atoms with E-state index in [9.17, 15) is 8.78 Å². The highest BCUT2D eigenvalue weighted by atomic mass is 19.2. The van der Waals surface area contributed by atoms with Gasteiger partial charge in [0.2, 0.25) is 5.88 Å². The van der Waals surface area contributed by atoms with E-state index in [0.717, 1.165) is 12.1 Å². The van der Waals surface area contributed by atoms with Crippen LogP contribution in [0.1, 0.15) is 5.56 Å². The van der Waals surface area contributed by atoms with Crippen molar-refractivity contribution in [1.82, 2.24) is 5.16 Å². The number of rotatable bonds is 2. The molecule has 0 unspecified atom stereocenters. The first-order chi connectivity index (χ1) is 7.61. The maximum atomic E-state index is 13.0. The maximum Gasteiger partial charge on any atom is 0.222 e. The Balaban J connectivity index is 2.59. The van der Waals surface area contributed by atoms with Crippen LogP contribution in [0.3, 0.4) is 0 Å². The number of hydrogen-bond acceptors (Lipinski definition) is 4. The molecule has 1 aromatic carbocycles. The number of aliphatic hydroxyl groups is 1. The Hall–Kier alpha value is -1.95. The number of anilines is 1. The predicted molar refractivity (Wildman–Crippen MR) is 52.2 cm³/mol.